The van der Waals surface area contributed by atoms with Crippen molar-refractivity contribution in [2.75, 3.05) is 43.9 Å². The van der Waals surface area contributed by atoms with Crippen LogP contribution in [0.3, 0.4) is 0 Å². The van der Waals surface area contributed by atoms with Crippen LogP contribution in [-0.2, 0) is 17.7 Å². The van der Waals surface area contributed by atoms with Crippen LogP contribution in [0.5, 0.6) is 0 Å². The van der Waals surface area contributed by atoms with Crippen LogP contribution in [0.25, 0.3) is 0 Å². The first kappa shape index (κ1) is 14.5. The van der Waals surface area contributed by atoms with E-state index in [1.165, 1.54) is 5.56 Å². The molecule has 4 heterocycles. The average Bonchev–Trinajstić information content (AvgIpc) is 2.81. The fourth-order valence-electron chi connectivity index (χ4n) is 3.80. The van der Waals surface area contributed by atoms with Gasteiger partial charge in [0.15, 0.2) is 0 Å². The largest absolute Gasteiger partial charge is 0.441 e. The van der Waals surface area contributed by atoms with Gasteiger partial charge in [-0.05, 0) is 13.0 Å². The summed E-state index contributed by atoms with van der Waals surface area (Å²) in [5.41, 5.74) is 7.77. The van der Waals surface area contributed by atoms with Gasteiger partial charge in [0.2, 0.25) is 5.95 Å². The third kappa shape index (κ3) is 2.46. The van der Waals surface area contributed by atoms with Crippen molar-refractivity contribution < 1.29 is 9.53 Å². The summed E-state index contributed by atoms with van der Waals surface area (Å²) in [6.07, 6.45) is 2.35. The molecule has 1 spiro atoms. The standard InChI is InChI=1S/C15H22N6O2/c1-20-9-15(23-14(20)22)3-6-21(7-4-15)12-10-2-5-17-8-11(10)18-13(16)19-12/h17H,2-9H2,1H3,(H2,16,18,19). The number of ether oxygens (including phenoxy) is 1. The van der Waals surface area contributed by atoms with E-state index in [0.717, 1.165) is 57.0 Å². The molecule has 0 atom stereocenters. The van der Waals surface area contributed by atoms with Gasteiger partial charge >= 0.3 is 6.09 Å². The molecule has 8 heteroatoms. The Balaban J connectivity index is 1.55. The summed E-state index contributed by atoms with van der Waals surface area (Å²) in [6.45, 7) is 3.99. The summed E-state index contributed by atoms with van der Waals surface area (Å²) < 4.78 is 5.62. The number of nitrogens with one attached hydrogen (secondary N) is 1. The van der Waals surface area contributed by atoms with Crippen LogP contribution in [0.4, 0.5) is 16.6 Å². The number of carbonyl (C=O) groups is 1. The lowest BCUT2D eigenvalue weighted by molar-refractivity contribution is 0.0365. The number of amides is 1. The van der Waals surface area contributed by atoms with Crippen molar-refractivity contribution in [3.63, 3.8) is 0 Å². The molecule has 3 aliphatic heterocycles. The van der Waals surface area contributed by atoms with Gasteiger partial charge in [-0.1, -0.05) is 0 Å². The fourth-order valence-corrected chi connectivity index (χ4v) is 3.80. The van der Waals surface area contributed by atoms with Gasteiger partial charge in [0.25, 0.3) is 0 Å². The zero-order valence-corrected chi connectivity index (χ0v) is 13.3. The molecule has 0 aliphatic carbocycles. The van der Waals surface area contributed by atoms with Gasteiger partial charge in [-0.15, -0.1) is 0 Å². The number of aromatic nitrogens is 2. The van der Waals surface area contributed by atoms with Gasteiger partial charge in [0, 0.05) is 45.1 Å². The topological polar surface area (TPSA) is 96.6 Å². The van der Waals surface area contributed by atoms with Crippen molar-refractivity contribution in [2.45, 2.75) is 31.4 Å². The molecule has 4 rings (SSSR count). The number of nitrogens with two attached hydrogens (primary N) is 1. The number of likely N-dealkylation sites (N-methyl/N-ethyl adjacent to an activating group) is 1. The average molecular weight is 318 g/mol. The lowest BCUT2D eigenvalue weighted by Crippen LogP contribution is -2.47. The molecule has 2 fully saturated rings. The first-order chi connectivity index (χ1) is 11.1. The van der Waals surface area contributed by atoms with Crippen molar-refractivity contribution in [1.82, 2.24) is 20.2 Å². The first-order valence-electron chi connectivity index (χ1n) is 8.11. The second-order valence-electron chi connectivity index (χ2n) is 6.65. The smallest absolute Gasteiger partial charge is 0.410 e. The number of nitrogen functional groups attached to an aromatic ring is 1. The Morgan fingerprint density at radius 2 is 2.09 bits per heavy atom. The summed E-state index contributed by atoms with van der Waals surface area (Å²) in [6, 6.07) is 0. The summed E-state index contributed by atoms with van der Waals surface area (Å²) in [4.78, 5) is 24.5. The van der Waals surface area contributed by atoms with E-state index < -0.39 is 0 Å². The van der Waals surface area contributed by atoms with Gasteiger partial charge in [0.05, 0.1) is 12.2 Å². The minimum atomic E-state index is -0.331. The maximum absolute atomic E-state index is 11.7. The van der Waals surface area contributed by atoms with Gasteiger partial charge in [-0.3, -0.25) is 0 Å². The van der Waals surface area contributed by atoms with E-state index in [9.17, 15) is 4.79 Å². The van der Waals surface area contributed by atoms with E-state index >= 15 is 0 Å². The minimum absolute atomic E-state index is 0.215. The zero-order valence-electron chi connectivity index (χ0n) is 13.3. The van der Waals surface area contributed by atoms with Gasteiger partial charge in [-0.25, -0.2) is 9.78 Å². The van der Waals surface area contributed by atoms with Crippen molar-refractivity contribution >= 4 is 17.9 Å². The van der Waals surface area contributed by atoms with Crippen LogP contribution in [0.15, 0.2) is 0 Å². The predicted octanol–water partition coefficient (Wildman–Crippen LogP) is 0.126. The molecule has 0 unspecified atom stereocenters. The molecule has 3 aliphatic rings. The van der Waals surface area contributed by atoms with E-state index in [4.69, 9.17) is 10.5 Å². The van der Waals surface area contributed by atoms with Crippen molar-refractivity contribution in [3.05, 3.63) is 11.3 Å². The molecule has 0 saturated carbocycles. The molecule has 0 aromatic carbocycles. The highest BCUT2D eigenvalue weighted by Crippen LogP contribution is 2.35. The molecule has 0 bridgehead atoms. The number of anilines is 2. The van der Waals surface area contributed by atoms with Crippen LogP contribution < -0.4 is 16.0 Å². The van der Waals surface area contributed by atoms with Crippen LogP contribution in [0.2, 0.25) is 0 Å². The third-order valence-corrected chi connectivity index (χ3v) is 5.05. The Morgan fingerprint density at radius 1 is 1.30 bits per heavy atom. The van der Waals surface area contributed by atoms with E-state index in [1.807, 2.05) is 0 Å². The van der Waals surface area contributed by atoms with Crippen LogP contribution in [0, 0.1) is 0 Å². The van der Waals surface area contributed by atoms with Crippen LogP contribution in [-0.4, -0.2) is 59.8 Å². The molecule has 1 amide bonds. The molecule has 8 nitrogen and oxygen atoms in total. The van der Waals surface area contributed by atoms with Gasteiger partial charge in [-0.2, -0.15) is 4.98 Å². The highest BCUT2D eigenvalue weighted by atomic mass is 16.6. The molecule has 1 aromatic heterocycles. The van der Waals surface area contributed by atoms with E-state index in [1.54, 1.807) is 11.9 Å². The quantitative estimate of drug-likeness (QED) is 0.759. The maximum Gasteiger partial charge on any atom is 0.410 e. The van der Waals surface area contributed by atoms with Crippen LogP contribution in [0.1, 0.15) is 24.1 Å². The number of fused-ring (bicyclic) bond motifs is 1. The lowest BCUT2D eigenvalue weighted by atomic mass is 9.91. The normalized spacial score (nSPS) is 23.1. The zero-order chi connectivity index (χ0) is 16.0. The number of rotatable bonds is 1. The number of hydrogen-bond acceptors (Lipinski definition) is 7. The maximum atomic E-state index is 11.7. The summed E-state index contributed by atoms with van der Waals surface area (Å²) >= 11 is 0. The number of hydrogen-bond donors (Lipinski definition) is 2. The first-order valence-corrected chi connectivity index (χ1v) is 8.11. The lowest BCUT2D eigenvalue weighted by Gasteiger charge is -2.39. The van der Waals surface area contributed by atoms with Crippen molar-refractivity contribution in [1.29, 1.82) is 0 Å². The summed E-state index contributed by atoms with van der Waals surface area (Å²) in [7, 11) is 1.79. The second-order valence-corrected chi connectivity index (χ2v) is 6.65. The van der Waals surface area contributed by atoms with Crippen molar-refractivity contribution in [2.24, 2.45) is 0 Å². The molecule has 23 heavy (non-hydrogen) atoms. The fraction of sp³-hybridized carbons (Fsp3) is 0.667. The molecule has 2 saturated heterocycles. The Bertz CT molecular complexity index is 641. The molecule has 3 N–H and O–H groups in total. The molecular weight excluding hydrogens is 296 g/mol. The van der Waals surface area contributed by atoms with E-state index in [0.29, 0.717) is 12.5 Å². The molecule has 124 valence electrons. The SMILES string of the molecule is CN1CC2(CCN(c3nc(N)nc4c3CCNC4)CC2)OC1=O. The van der Waals surface area contributed by atoms with E-state index in [-0.39, 0.29) is 11.7 Å². The summed E-state index contributed by atoms with van der Waals surface area (Å²) in [5.74, 6) is 1.29. The van der Waals surface area contributed by atoms with E-state index in [2.05, 4.69) is 20.2 Å². The Hall–Kier alpha value is -2.09. The van der Waals surface area contributed by atoms with Gasteiger partial charge < -0.3 is 25.6 Å². The highest BCUT2D eigenvalue weighted by molar-refractivity contribution is 5.70. The summed E-state index contributed by atoms with van der Waals surface area (Å²) in [5, 5.41) is 3.32. The second kappa shape index (κ2) is 5.23. The molecule has 0 radical (unpaired) electrons. The Labute approximate surface area is 135 Å². The van der Waals surface area contributed by atoms with Gasteiger partial charge in [0.1, 0.15) is 11.4 Å². The highest BCUT2D eigenvalue weighted by Gasteiger charge is 2.46. The molecule has 1 aromatic rings. The number of nitrogens with zero attached hydrogens (tertiary/aromatic N) is 4. The van der Waals surface area contributed by atoms with Crippen molar-refractivity contribution in [3.8, 4) is 0 Å². The Kier molecular flexibility index (Phi) is 3.29. The number of piperidine rings is 1. The minimum Gasteiger partial charge on any atom is -0.441 e. The predicted molar refractivity (Wildman–Crippen MR) is 85.1 cm³/mol. The monoisotopic (exact) mass is 318 g/mol. The van der Waals surface area contributed by atoms with Crippen LogP contribution >= 0.6 is 0 Å². The third-order valence-electron chi connectivity index (χ3n) is 5.05. The molecular formula is C15H22N6O2. The Morgan fingerprint density at radius 3 is 2.78 bits per heavy atom. The number of carbonyl (C=O) groups excluding carboxylic acids is 1.